The van der Waals surface area contributed by atoms with Crippen LogP contribution in [0.1, 0.15) is 5.56 Å². The fourth-order valence-corrected chi connectivity index (χ4v) is 1.17. The summed E-state index contributed by atoms with van der Waals surface area (Å²) in [5, 5.41) is 0. The Bertz CT molecular complexity index is 341. The van der Waals surface area contributed by atoms with Crippen LogP contribution < -0.4 is 0 Å². The molecule has 0 heterocycles. The Morgan fingerprint density at radius 3 is 1.92 bits per heavy atom. The summed E-state index contributed by atoms with van der Waals surface area (Å²) in [6, 6.07) is 5.78. The predicted molar refractivity (Wildman–Crippen MR) is 39.1 cm³/mol. The number of aryl methyl sites for hydroxylation is 1. The molecule has 0 aliphatic rings. The summed E-state index contributed by atoms with van der Waals surface area (Å²) in [5.41, 5.74) is 0.928. The van der Waals surface area contributed by atoms with Gasteiger partial charge in [-0.25, -0.2) is 8.42 Å². The zero-order valence-corrected chi connectivity index (χ0v) is 8.22. The van der Waals surface area contributed by atoms with E-state index in [1.165, 1.54) is 12.1 Å². The average Bonchev–Trinajstić information content (AvgIpc) is 1.86. The second-order valence-electron chi connectivity index (χ2n) is 2.27. The molecule has 0 amide bonds. The van der Waals surface area contributed by atoms with Crippen molar-refractivity contribution in [3.05, 3.63) is 29.8 Å². The molecule has 0 bridgehead atoms. The molecule has 3 nitrogen and oxygen atoms in total. The largest absolute Gasteiger partial charge is 3.00 e. The Morgan fingerprint density at radius 1 is 1.17 bits per heavy atom. The van der Waals surface area contributed by atoms with Gasteiger partial charge in [-0.05, 0) is 19.1 Å². The first-order chi connectivity index (χ1) is 5.00. The van der Waals surface area contributed by atoms with Crippen molar-refractivity contribution in [2.75, 3.05) is 0 Å². The molecule has 12 heavy (non-hydrogen) atoms. The van der Waals surface area contributed by atoms with Gasteiger partial charge in [0.1, 0.15) is 10.1 Å². The van der Waals surface area contributed by atoms with Crippen LogP contribution in [-0.4, -0.2) is 13.0 Å². The molecule has 0 saturated heterocycles. The van der Waals surface area contributed by atoms with E-state index in [2.05, 4.69) is 0 Å². The van der Waals surface area contributed by atoms with Crippen molar-refractivity contribution in [3.8, 4) is 0 Å². The Balaban J connectivity index is 0.00000121. The monoisotopic (exact) mass is 227 g/mol. The SMILES string of the molecule is Cc1ccc(S(=O)(=O)[O-])cc1.[Fe+3]. The third-order valence-electron chi connectivity index (χ3n) is 1.31. The van der Waals surface area contributed by atoms with Crippen LogP contribution in [-0.2, 0) is 27.2 Å². The number of rotatable bonds is 1. The molecule has 0 unspecified atom stereocenters. The van der Waals surface area contributed by atoms with Crippen LogP contribution in [0.2, 0.25) is 0 Å². The van der Waals surface area contributed by atoms with Gasteiger partial charge >= 0.3 is 17.1 Å². The van der Waals surface area contributed by atoms with Gasteiger partial charge in [-0.3, -0.25) is 0 Å². The summed E-state index contributed by atoms with van der Waals surface area (Å²) >= 11 is 0. The maximum Gasteiger partial charge on any atom is 3.00 e. The predicted octanol–water partition coefficient (Wildman–Crippen LogP) is 0.897. The number of hydrogen-bond donors (Lipinski definition) is 0. The van der Waals surface area contributed by atoms with Crippen LogP contribution in [0, 0.1) is 6.92 Å². The minimum atomic E-state index is -4.27. The maximum atomic E-state index is 10.4. The van der Waals surface area contributed by atoms with Gasteiger partial charge < -0.3 is 4.55 Å². The Kier molecular flexibility index (Phi) is 3.93. The Morgan fingerprint density at radius 2 is 1.58 bits per heavy atom. The normalized spacial score (nSPS) is 10.5. The molecule has 1 radical (unpaired) electrons. The van der Waals surface area contributed by atoms with Crippen molar-refractivity contribution in [2.45, 2.75) is 11.8 Å². The van der Waals surface area contributed by atoms with E-state index in [9.17, 15) is 13.0 Å². The molecular weight excluding hydrogens is 220 g/mol. The summed E-state index contributed by atoms with van der Waals surface area (Å²) in [4.78, 5) is -0.178. The fraction of sp³-hybridized carbons (Fsp3) is 0.143. The van der Waals surface area contributed by atoms with E-state index >= 15 is 0 Å². The Labute approximate surface area is 82.0 Å². The van der Waals surface area contributed by atoms with Crippen molar-refractivity contribution in [3.63, 3.8) is 0 Å². The summed E-state index contributed by atoms with van der Waals surface area (Å²) in [7, 11) is -4.27. The van der Waals surface area contributed by atoms with Crippen molar-refractivity contribution < 1.29 is 30.0 Å². The summed E-state index contributed by atoms with van der Waals surface area (Å²) in [6.07, 6.45) is 0. The topological polar surface area (TPSA) is 57.2 Å². The van der Waals surface area contributed by atoms with Gasteiger partial charge in [0.2, 0.25) is 0 Å². The number of hydrogen-bond acceptors (Lipinski definition) is 3. The standard InChI is InChI=1S/C7H8O3S.Fe/c1-6-2-4-7(5-3-6)11(8,9)10;/h2-5H,1H3,(H,8,9,10);/q;+3/p-1. The second-order valence-corrected chi connectivity index (χ2v) is 3.65. The minimum absolute atomic E-state index is 0. The second kappa shape index (κ2) is 4.05. The quantitative estimate of drug-likeness (QED) is 0.528. The van der Waals surface area contributed by atoms with Gasteiger partial charge in [0, 0.05) is 0 Å². The summed E-state index contributed by atoms with van der Waals surface area (Å²) < 4.78 is 31.2. The Hall–Kier alpha value is -0.351. The third-order valence-corrected chi connectivity index (χ3v) is 2.16. The van der Waals surface area contributed by atoms with Gasteiger partial charge in [0.15, 0.2) is 0 Å². The van der Waals surface area contributed by atoms with Crippen LogP contribution >= 0.6 is 0 Å². The first-order valence-electron chi connectivity index (χ1n) is 3.03. The molecule has 0 aliphatic carbocycles. The van der Waals surface area contributed by atoms with E-state index in [4.69, 9.17) is 0 Å². The molecule has 0 spiro atoms. The maximum absolute atomic E-state index is 10.4. The van der Waals surface area contributed by atoms with E-state index in [0.29, 0.717) is 0 Å². The molecule has 0 saturated carbocycles. The average molecular weight is 227 g/mol. The first-order valence-corrected chi connectivity index (χ1v) is 4.43. The summed E-state index contributed by atoms with van der Waals surface area (Å²) in [6.45, 7) is 1.82. The molecule has 0 aromatic heterocycles. The van der Waals surface area contributed by atoms with E-state index < -0.39 is 10.1 Å². The van der Waals surface area contributed by atoms with Crippen LogP contribution in [0.4, 0.5) is 0 Å². The molecular formula is C7H7FeO3S+2. The molecule has 1 aromatic rings. The van der Waals surface area contributed by atoms with E-state index in [0.717, 1.165) is 5.56 Å². The zero-order valence-electron chi connectivity index (χ0n) is 6.30. The third kappa shape index (κ3) is 2.95. The van der Waals surface area contributed by atoms with E-state index in [1.807, 2.05) is 6.92 Å². The fourth-order valence-electron chi connectivity index (χ4n) is 0.705. The molecule has 65 valence electrons. The molecule has 0 aliphatic heterocycles. The molecule has 0 atom stereocenters. The molecule has 1 rings (SSSR count). The van der Waals surface area contributed by atoms with Gasteiger partial charge in [0.25, 0.3) is 0 Å². The van der Waals surface area contributed by atoms with Gasteiger partial charge in [-0.2, -0.15) is 0 Å². The van der Waals surface area contributed by atoms with Crippen LogP contribution in [0.25, 0.3) is 0 Å². The molecule has 0 N–H and O–H groups in total. The van der Waals surface area contributed by atoms with Crippen LogP contribution in [0.5, 0.6) is 0 Å². The van der Waals surface area contributed by atoms with Crippen molar-refractivity contribution in [1.29, 1.82) is 0 Å². The van der Waals surface area contributed by atoms with Gasteiger partial charge in [-0.15, -0.1) is 0 Å². The molecule has 0 fully saturated rings. The van der Waals surface area contributed by atoms with Crippen LogP contribution in [0.3, 0.4) is 0 Å². The van der Waals surface area contributed by atoms with Crippen LogP contribution in [0.15, 0.2) is 29.2 Å². The van der Waals surface area contributed by atoms with E-state index in [1.54, 1.807) is 12.1 Å². The molecule has 1 aromatic carbocycles. The van der Waals surface area contributed by atoms with Gasteiger partial charge in [0.05, 0.1) is 4.90 Å². The van der Waals surface area contributed by atoms with Crippen molar-refractivity contribution in [1.82, 2.24) is 0 Å². The molecule has 5 heteroatoms. The van der Waals surface area contributed by atoms with Crippen molar-refractivity contribution >= 4 is 10.1 Å². The van der Waals surface area contributed by atoms with E-state index in [-0.39, 0.29) is 22.0 Å². The first kappa shape index (κ1) is 11.6. The smallest absolute Gasteiger partial charge is 0.744 e. The minimum Gasteiger partial charge on any atom is -0.744 e. The zero-order chi connectivity index (χ0) is 8.48. The van der Waals surface area contributed by atoms with Crippen molar-refractivity contribution in [2.24, 2.45) is 0 Å². The number of benzene rings is 1. The van der Waals surface area contributed by atoms with Gasteiger partial charge in [-0.1, -0.05) is 17.7 Å². The summed E-state index contributed by atoms with van der Waals surface area (Å²) in [5.74, 6) is 0.